The number of hydrogen-bond acceptors (Lipinski definition) is 7. The van der Waals surface area contributed by atoms with E-state index in [1.165, 1.54) is 5.56 Å². The van der Waals surface area contributed by atoms with Gasteiger partial charge in [0, 0.05) is 37.0 Å². The van der Waals surface area contributed by atoms with E-state index in [2.05, 4.69) is 22.3 Å². The lowest BCUT2D eigenvalue weighted by molar-refractivity contribution is 0.119. The zero-order chi connectivity index (χ0) is 18.8. The zero-order valence-electron chi connectivity index (χ0n) is 15.8. The number of pyridine rings is 1. The molecule has 3 aromatic heterocycles. The quantitative estimate of drug-likeness (QED) is 0.647. The molecule has 0 aromatic carbocycles. The van der Waals surface area contributed by atoms with Crippen LogP contribution in [-0.2, 0) is 24.1 Å². The van der Waals surface area contributed by atoms with Crippen LogP contribution in [0.1, 0.15) is 41.4 Å². The van der Waals surface area contributed by atoms with Gasteiger partial charge in [-0.3, -0.25) is 4.98 Å². The molecule has 0 amide bonds. The molecule has 3 aromatic rings. The van der Waals surface area contributed by atoms with Crippen molar-refractivity contribution in [2.45, 2.75) is 38.8 Å². The van der Waals surface area contributed by atoms with Crippen LogP contribution in [0.25, 0.3) is 11.5 Å². The second-order valence-corrected chi connectivity index (χ2v) is 7.67. The van der Waals surface area contributed by atoms with E-state index in [4.69, 9.17) is 19.7 Å². The molecule has 4 rings (SSSR count). The second-order valence-electron chi connectivity index (χ2n) is 6.78. The Balaban J connectivity index is 1.64. The molecular weight excluding hydrogens is 358 g/mol. The number of thiazole rings is 1. The Bertz CT molecular complexity index is 927. The highest BCUT2D eigenvalue weighted by Crippen LogP contribution is 2.31. The highest BCUT2D eigenvalue weighted by atomic mass is 32.1. The van der Waals surface area contributed by atoms with E-state index in [9.17, 15) is 0 Å². The number of fused-ring (bicyclic) bond motifs is 1. The molecule has 1 aliphatic rings. The topological polar surface area (TPSA) is 64.0 Å². The van der Waals surface area contributed by atoms with Crippen LogP contribution in [0.2, 0.25) is 0 Å². The Morgan fingerprint density at radius 2 is 2.11 bits per heavy atom. The van der Waals surface area contributed by atoms with Gasteiger partial charge in [-0.15, -0.1) is 11.3 Å². The first kappa shape index (κ1) is 18.0. The van der Waals surface area contributed by atoms with Crippen LogP contribution in [0, 0.1) is 0 Å². The molecular formula is C20H23N5OS. The Hall–Kier alpha value is -2.38. The predicted octanol–water partition coefficient (Wildman–Crippen LogP) is 3.83. The third-order valence-corrected chi connectivity index (χ3v) is 5.89. The van der Waals surface area contributed by atoms with Crippen LogP contribution in [-0.4, -0.2) is 34.1 Å². The van der Waals surface area contributed by atoms with Crippen LogP contribution in [0.15, 0.2) is 29.8 Å². The first-order valence-electron chi connectivity index (χ1n) is 9.15. The van der Waals surface area contributed by atoms with E-state index < -0.39 is 0 Å². The number of hydrogen-bond donors (Lipinski definition) is 0. The normalized spacial score (nSPS) is 14.2. The van der Waals surface area contributed by atoms with E-state index in [1.807, 2.05) is 25.1 Å². The highest BCUT2D eigenvalue weighted by molar-refractivity contribution is 7.09. The number of methoxy groups -OCH3 is 1. The Kier molecular flexibility index (Phi) is 5.13. The predicted molar refractivity (Wildman–Crippen MR) is 107 cm³/mol. The van der Waals surface area contributed by atoms with Gasteiger partial charge in [0.25, 0.3) is 0 Å². The smallest absolute Gasteiger partial charge is 0.180 e. The number of aryl methyl sites for hydroxylation is 1. The fraction of sp³-hybridized carbons (Fsp3) is 0.400. The van der Waals surface area contributed by atoms with E-state index >= 15 is 0 Å². The lowest BCUT2D eigenvalue weighted by Gasteiger charge is -2.21. The molecule has 6 nitrogen and oxygen atoms in total. The number of anilines is 1. The molecule has 1 unspecified atom stereocenters. The van der Waals surface area contributed by atoms with Crippen LogP contribution in [0.5, 0.6) is 0 Å². The van der Waals surface area contributed by atoms with E-state index in [-0.39, 0.29) is 6.10 Å². The summed E-state index contributed by atoms with van der Waals surface area (Å²) < 4.78 is 5.37. The fourth-order valence-electron chi connectivity index (χ4n) is 3.34. The third-order valence-electron chi connectivity index (χ3n) is 4.84. The van der Waals surface area contributed by atoms with Crippen molar-refractivity contribution in [3.8, 4) is 11.5 Å². The molecule has 1 aliphatic carbocycles. The van der Waals surface area contributed by atoms with Crippen molar-refractivity contribution in [2.24, 2.45) is 0 Å². The number of aromatic nitrogens is 4. The van der Waals surface area contributed by atoms with Crippen LogP contribution in [0.3, 0.4) is 0 Å². The van der Waals surface area contributed by atoms with Crippen molar-refractivity contribution < 1.29 is 4.74 Å². The van der Waals surface area contributed by atoms with Crippen molar-refractivity contribution in [1.29, 1.82) is 0 Å². The number of ether oxygens (including phenoxy) is 1. The standard InChI is InChI=1S/C20H23N5OS/c1-13(26-3)20-22-14(12-27-20)11-25(2)19-15-7-6-9-16(15)23-18(24-19)17-8-4-5-10-21-17/h4-5,8,10,12-13H,6-7,9,11H2,1-3H3. The molecule has 0 bridgehead atoms. The van der Waals surface area contributed by atoms with Crippen LogP contribution in [0.4, 0.5) is 5.82 Å². The van der Waals surface area contributed by atoms with Gasteiger partial charge >= 0.3 is 0 Å². The number of nitrogens with zero attached hydrogens (tertiary/aromatic N) is 5. The first-order chi connectivity index (χ1) is 13.2. The summed E-state index contributed by atoms with van der Waals surface area (Å²) in [5.74, 6) is 1.69. The van der Waals surface area contributed by atoms with Gasteiger partial charge in [0.1, 0.15) is 22.6 Å². The van der Waals surface area contributed by atoms with Gasteiger partial charge < -0.3 is 9.64 Å². The molecule has 7 heteroatoms. The van der Waals surface area contributed by atoms with Crippen LogP contribution >= 0.6 is 11.3 Å². The summed E-state index contributed by atoms with van der Waals surface area (Å²) in [5.41, 5.74) is 4.26. The molecule has 0 aliphatic heterocycles. The van der Waals surface area contributed by atoms with Crippen LogP contribution < -0.4 is 4.90 Å². The van der Waals surface area contributed by atoms with Gasteiger partial charge in [0.15, 0.2) is 5.82 Å². The summed E-state index contributed by atoms with van der Waals surface area (Å²) in [5, 5.41) is 3.10. The third kappa shape index (κ3) is 3.70. The summed E-state index contributed by atoms with van der Waals surface area (Å²) in [7, 11) is 3.78. The number of rotatable bonds is 6. The Morgan fingerprint density at radius 1 is 1.22 bits per heavy atom. The van der Waals surface area contributed by atoms with Gasteiger partial charge in [-0.25, -0.2) is 15.0 Å². The molecule has 0 radical (unpaired) electrons. The summed E-state index contributed by atoms with van der Waals surface area (Å²) in [6.07, 6.45) is 4.96. The zero-order valence-corrected chi connectivity index (χ0v) is 16.7. The largest absolute Gasteiger partial charge is 0.375 e. The van der Waals surface area contributed by atoms with Gasteiger partial charge in [-0.05, 0) is 38.3 Å². The molecule has 0 saturated carbocycles. The molecule has 1 atom stereocenters. The maximum absolute atomic E-state index is 5.37. The van der Waals surface area contributed by atoms with Gasteiger partial charge in [0.05, 0.1) is 12.2 Å². The minimum atomic E-state index is 0.0214. The average molecular weight is 382 g/mol. The van der Waals surface area contributed by atoms with Gasteiger partial charge in [0.2, 0.25) is 0 Å². The SMILES string of the molecule is COC(C)c1nc(CN(C)c2nc(-c3ccccn3)nc3c2CCC3)cs1. The molecule has 0 fully saturated rings. The van der Waals surface area contributed by atoms with E-state index in [1.54, 1.807) is 24.6 Å². The first-order valence-corrected chi connectivity index (χ1v) is 10.0. The minimum Gasteiger partial charge on any atom is -0.375 e. The molecule has 3 heterocycles. The van der Waals surface area contributed by atoms with E-state index in [0.29, 0.717) is 12.4 Å². The van der Waals surface area contributed by atoms with Gasteiger partial charge in [-0.1, -0.05) is 6.07 Å². The lowest BCUT2D eigenvalue weighted by atomic mass is 10.2. The van der Waals surface area contributed by atoms with Gasteiger partial charge in [-0.2, -0.15) is 0 Å². The van der Waals surface area contributed by atoms with Crippen molar-refractivity contribution in [3.63, 3.8) is 0 Å². The Morgan fingerprint density at radius 3 is 2.89 bits per heavy atom. The minimum absolute atomic E-state index is 0.0214. The lowest BCUT2D eigenvalue weighted by Crippen LogP contribution is -2.20. The molecule has 27 heavy (non-hydrogen) atoms. The second kappa shape index (κ2) is 7.70. The average Bonchev–Trinajstić information content (AvgIpc) is 3.36. The Labute approximate surface area is 163 Å². The molecule has 0 N–H and O–H groups in total. The molecule has 0 spiro atoms. The molecule has 0 saturated heterocycles. The summed E-state index contributed by atoms with van der Waals surface area (Å²) in [6, 6.07) is 5.83. The molecule has 140 valence electrons. The summed E-state index contributed by atoms with van der Waals surface area (Å²) in [6.45, 7) is 2.72. The van der Waals surface area contributed by atoms with Crippen molar-refractivity contribution in [3.05, 3.63) is 51.7 Å². The van der Waals surface area contributed by atoms with Crippen molar-refractivity contribution in [1.82, 2.24) is 19.9 Å². The maximum atomic E-state index is 5.37. The van der Waals surface area contributed by atoms with E-state index in [0.717, 1.165) is 47.2 Å². The summed E-state index contributed by atoms with van der Waals surface area (Å²) >= 11 is 1.64. The van der Waals surface area contributed by atoms with Crippen molar-refractivity contribution in [2.75, 3.05) is 19.1 Å². The van der Waals surface area contributed by atoms with Crippen molar-refractivity contribution >= 4 is 17.2 Å². The summed E-state index contributed by atoms with van der Waals surface area (Å²) in [4.78, 5) is 21.0. The monoisotopic (exact) mass is 381 g/mol. The fourth-order valence-corrected chi connectivity index (χ4v) is 4.18. The maximum Gasteiger partial charge on any atom is 0.180 e. The highest BCUT2D eigenvalue weighted by Gasteiger charge is 2.23.